The van der Waals surface area contributed by atoms with Gasteiger partial charge in [0.15, 0.2) is 22.8 Å². The second-order valence-corrected chi connectivity index (χ2v) is 17.2. The van der Waals surface area contributed by atoms with Gasteiger partial charge < -0.3 is 62.5 Å². The van der Waals surface area contributed by atoms with Crippen LogP contribution in [0.1, 0.15) is 56.9 Å². The Kier molecular flexibility index (Phi) is 11.9. The molecular weight excluding hydrogens is 887 g/mol. The molecule has 0 unspecified atom stereocenters. The Morgan fingerprint density at radius 2 is 1.06 bits per heavy atom. The number of ketones is 4. The van der Waals surface area contributed by atoms with Crippen molar-refractivity contribution in [2.45, 2.75) is 48.3 Å². The number of halogens is 2. The molecule has 0 saturated carbocycles. The summed E-state index contributed by atoms with van der Waals surface area (Å²) in [6.07, 6.45) is -3.21. The number of carbonyl (C=O) groups excluding carboxylic acids is 6. The second kappa shape index (κ2) is 16.0. The highest BCUT2D eigenvalue weighted by molar-refractivity contribution is 6.33. The van der Waals surface area contributed by atoms with Gasteiger partial charge in [0.2, 0.25) is 11.6 Å². The van der Waals surface area contributed by atoms with Crippen LogP contribution >= 0.6 is 24.0 Å². The molecule has 10 atom stereocenters. The second-order valence-electron chi connectivity index (χ2n) is 16.8. The van der Waals surface area contributed by atoms with Crippen LogP contribution in [0.25, 0.3) is 0 Å². The van der Waals surface area contributed by atoms with E-state index in [2.05, 4.69) is 0 Å². The van der Waals surface area contributed by atoms with E-state index in [0.29, 0.717) is 0 Å². The van der Waals surface area contributed by atoms with Gasteiger partial charge in [0.1, 0.15) is 45.7 Å². The summed E-state index contributed by atoms with van der Waals surface area (Å²) in [4.78, 5) is 79.3. The first kappa shape index (κ1) is 47.6. The summed E-state index contributed by atoms with van der Waals surface area (Å²) in [6, 6.07) is 4.35. The smallest absolute Gasteiger partial charge is 0.255 e. The lowest BCUT2D eigenvalue weighted by Crippen LogP contribution is -2.64. The minimum Gasteiger partial charge on any atom is -0.510 e. The molecule has 0 radical (unpaired) electrons. The lowest BCUT2D eigenvalue weighted by Gasteiger charge is -2.50. The van der Waals surface area contributed by atoms with Gasteiger partial charge in [-0.3, -0.25) is 38.6 Å². The molecule has 0 aliphatic heterocycles. The third kappa shape index (κ3) is 6.26. The van der Waals surface area contributed by atoms with Gasteiger partial charge in [0, 0.05) is 45.4 Å². The fourth-order valence-electron chi connectivity index (χ4n) is 10.5. The molecule has 2 aromatic carbocycles. The number of fused-ring (bicyclic) bond motifs is 6. The molecule has 6 aliphatic rings. The summed E-state index contributed by atoms with van der Waals surface area (Å²) < 4.78 is 0. The Hall–Kier alpha value is -5.84. The predicted octanol–water partition coefficient (Wildman–Crippen LogP) is 0.298. The Morgan fingerprint density at radius 1 is 0.656 bits per heavy atom. The normalized spacial score (nSPS) is 31.9. The Balaban J connectivity index is 0.000000209. The first-order chi connectivity index (χ1) is 29.3. The molecule has 14 N–H and O–H groups in total. The summed E-state index contributed by atoms with van der Waals surface area (Å²) in [6.45, 7) is 0. The number of benzene rings is 2. The molecule has 8 rings (SSSR count). The zero-order valence-corrected chi connectivity index (χ0v) is 35.7. The van der Waals surface area contributed by atoms with Crippen molar-refractivity contribution in [3.63, 3.8) is 0 Å². The van der Waals surface area contributed by atoms with Crippen molar-refractivity contribution in [2.75, 3.05) is 28.2 Å². The number of phenols is 2. The summed E-state index contributed by atoms with van der Waals surface area (Å²) in [7, 11) is 6.08. The third-order valence-corrected chi connectivity index (χ3v) is 13.5. The van der Waals surface area contributed by atoms with E-state index >= 15 is 0 Å². The number of phenolic OH excluding ortho intramolecular Hbond substituents is 2. The van der Waals surface area contributed by atoms with Gasteiger partial charge in [-0.1, -0.05) is 23.7 Å². The van der Waals surface area contributed by atoms with E-state index in [-0.39, 0.29) is 52.5 Å². The fourth-order valence-corrected chi connectivity index (χ4v) is 10.7. The van der Waals surface area contributed by atoms with Crippen molar-refractivity contribution in [3.8, 4) is 11.5 Å². The highest BCUT2D eigenvalue weighted by Gasteiger charge is 2.66. The maximum atomic E-state index is 13.3. The number of aliphatic hydroxyl groups excluding tert-OH is 6. The van der Waals surface area contributed by atoms with Gasteiger partial charge in [0.25, 0.3) is 11.8 Å². The topological polar surface area (TPSA) is 363 Å². The Bertz CT molecular complexity index is 2620. The molecule has 0 aromatic heterocycles. The minimum absolute atomic E-state index is 0. The number of amides is 2. The number of carbonyl (C=O) groups is 6. The van der Waals surface area contributed by atoms with E-state index in [1.165, 1.54) is 62.3 Å². The maximum Gasteiger partial charge on any atom is 0.255 e. The summed E-state index contributed by atoms with van der Waals surface area (Å²) in [5.74, 6) is -16.0. The standard InChI is InChI=1S/C21H21ClN2O8.C21H22N2O8.ClH/c1-24(2)14-7-5-6-10(16(27)12-9(25)4-3-8(22)11(12)15(6)26)18(29)21(7,32)19(30)13(17(14)28)20(23)31;1-23(2)14-9-6-8-12(16(26)11-7(15(8)25)4-3-5-10(11)24)18(28)21(9,31)19(29)13(17(14)27)20(22)30;/h3-4,6-7,14-15,25-26,28-29,32H,5H2,1-2H3,(H2,23,31);3-5,8-9,14-15,24-25,27-28,31H,6H2,1-2H3,(H2,22,30);1H/t6-,7-,14-,15-,21-;8-,9-,14-,15+,21-;/m00./s1. The lowest BCUT2D eigenvalue weighted by atomic mass is 9.58. The van der Waals surface area contributed by atoms with Crippen LogP contribution in [0.2, 0.25) is 5.02 Å². The minimum atomic E-state index is -2.77. The number of aromatic hydroxyl groups is 2. The zero-order valence-electron chi connectivity index (χ0n) is 34.2. The van der Waals surface area contributed by atoms with E-state index in [4.69, 9.17) is 23.1 Å². The molecule has 6 aliphatic carbocycles. The van der Waals surface area contributed by atoms with Crippen LogP contribution in [0, 0.1) is 23.7 Å². The van der Waals surface area contributed by atoms with Crippen molar-refractivity contribution in [3.05, 3.63) is 103 Å². The SMILES string of the molecule is CN(C)[C@@H]1C(O)=C(C(N)=O)C(=O)[C@@]2(O)C(O)=C3C(=O)c4c(O)ccc(Cl)c4[C@@H](O)[C@H]3C[C@@H]12.CN(C)[C@@H]1C(O)=C(C(N)=O)C(=O)[C@@]2(O)C(O)=C3C(=O)c4c(O)cccc4[C@@H](O)[C@H]3C[C@@H]12.Cl. The molecule has 0 fully saturated rings. The van der Waals surface area contributed by atoms with E-state index in [1.54, 1.807) is 0 Å². The van der Waals surface area contributed by atoms with Crippen molar-refractivity contribution in [1.82, 2.24) is 9.80 Å². The fraction of sp³-hybridized carbons (Fsp3) is 0.381. The highest BCUT2D eigenvalue weighted by Crippen LogP contribution is 2.57. The maximum absolute atomic E-state index is 13.3. The Labute approximate surface area is 373 Å². The van der Waals surface area contributed by atoms with Crippen molar-refractivity contribution < 1.29 is 79.8 Å². The van der Waals surface area contributed by atoms with Crippen LogP contribution < -0.4 is 11.5 Å². The number of nitrogens with two attached hydrogens (primary N) is 2. The quantitative estimate of drug-likeness (QED) is 0.183. The molecule has 20 nitrogen and oxygen atoms in total. The first-order valence-corrected chi connectivity index (χ1v) is 19.7. The van der Waals surface area contributed by atoms with Crippen LogP contribution in [0.15, 0.2) is 75.7 Å². The molecule has 0 bridgehead atoms. The number of rotatable bonds is 4. The van der Waals surface area contributed by atoms with Crippen LogP contribution in [0.4, 0.5) is 0 Å². The molecule has 0 heterocycles. The number of hydrogen-bond acceptors (Lipinski definition) is 18. The highest BCUT2D eigenvalue weighted by atomic mass is 35.5. The molecule has 342 valence electrons. The number of likely N-dealkylation sites (N-methyl/N-ethyl adjacent to an activating group) is 2. The average molecular weight is 932 g/mol. The zero-order chi connectivity index (χ0) is 46.8. The van der Waals surface area contributed by atoms with Crippen LogP contribution in [-0.4, -0.2) is 147 Å². The molecule has 64 heavy (non-hydrogen) atoms. The van der Waals surface area contributed by atoms with Crippen molar-refractivity contribution >= 4 is 59.0 Å². The van der Waals surface area contributed by atoms with E-state index in [1.807, 2.05) is 0 Å². The van der Waals surface area contributed by atoms with Crippen LogP contribution in [0.5, 0.6) is 11.5 Å². The third-order valence-electron chi connectivity index (χ3n) is 13.2. The predicted molar refractivity (Wildman–Crippen MR) is 222 cm³/mol. The average Bonchev–Trinajstić information content (AvgIpc) is 3.19. The number of Topliss-reactive ketones (excluding diaryl/α,β-unsaturated/α-hetero) is 4. The number of hydrogen-bond donors (Lipinski definition) is 12. The molecule has 2 amide bonds. The van der Waals surface area contributed by atoms with Gasteiger partial charge in [-0.05, 0) is 64.8 Å². The molecule has 2 aromatic rings. The molecular formula is C42H44Cl2N4O16. The Morgan fingerprint density at radius 3 is 1.48 bits per heavy atom. The van der Waals surface area contributed by atoms with Gasteiger partial charge in [-0.2, -0.15) is 0 Å². The monoisotopic (exact) mass is 930 g/mol. The lowest BCUT2D eigenvalue weighted by molar-refractivity contribution is -0.150. The van der Waals surface area contributed by atoms with Gasteiger partial charge in [-0.25, -0.2) is 0 Å². The van der Waals surface area contributed by atoms with Gasteiger partial charge in [-0.15, -0.1) is 12.4 Å². The number of primary amides is 2. The summed E-state index contributed by atoms with van der Waals surface area (Å²) in [5.41, 5.74) is 1.89. The number of nitrogens with zero attached hydrogens (tertiary/aromatic N) is 2. The van der Waals surface area contributed by atoms with Crippen LogP contribution in [-0.2, 0) is 19.2 Å². The van der Waals surface area contributed by atoms with Crippen molar-refractivity contribution in [2.24, 2.45) is 35.1 Å². The summed E-state index contributed by atoms with van der Waals surface area (Å²) in [5, 5.41) is 109. The largest absolute Gasteiger partial charge is 0.510 e. The van der Waals surface area contributed by atoms with E-state index < -0.39 is 151 Å². The van der Waals surface area contributed by atoms with E-state index in [0.717, 1.165) is 6.07 Å². The molecule has 0 spiro atoms. The van der Waals surface area contributed by atoms with E-state index in [9.17, 15) is 79.8 Å². The molecule has 22 heteroatoms. The van der Waals surface area contributed by atoms with Gasteiger partial charge >= 0.3 is 0 Å². The van der Waals surface area contributed by atoms with Crippen molar-refractivity contribution in [1.29, 1.82) is 0 Å². The number of aliphatic hydroxyl groups is 8. The van der Waals surface area contributed by atoms with Gasteiger partial charge in [0.05, 0.1) is 35.4 Å². The first-order valence-electron chi connectivity index (χ1n) is 19.3. The summed E-state index contributed by atoms with van der Waals surface area (Å²) >= 11 is 6.17. The van der Waals surface area contributed by atoms with Crippen LogP contribution in [0.3, 0.4) is 0 Å². The molecule has 0 saturated heterocycles.